The number of sulfone groups is 1. The molecule has 0 radical (unpaired) electrons. The van der Waals surface area contributed by atoms with Crippen LogP contribution in [0.1, 0.15) is 0 Å². The van der Waals surface area contributed by atoms with Gasteiger partial charge in [0.1, 0.15) is 0 Å². The van der Waals surface area contributed by atoms with Crippen molar-refractivity contribution in [3.05, 3.63) is 10.5 Å². The van der Waals surface area contributed by atoms with E-state index in [9.17, 15) is 18.0 Å². The normalized spacial score (nSPS) is 24.7. The highest BCUT2D eigenvalue weighted by Gasteiger charge is 2.37. The molecule has 1 aromatic rings. The summed E-state index contributed by atoms with van der Waals surface area (Å²) in [5.74, 6) is -0.588. The van der Waals surface area contributed by atoms with Gasteiger partial charge in [-0.3, -0.25) is 9.36 Å². The molecule has 1 amide bonds. The van der Waals surface area contributed by atoms with Crippen molar-refractivity contribution in [2.75, 3.05) is 17.3 Å². The minimum atomic E-state index is -3.18. The van der Waals surface area contributed by atoms with Gasteiger partial charge in [0, 0.05) is 7.05 Å². The van der Waals surface area contributed by atoms with Gasteiger partial charge in [0.15, 0.2) is 15.0 Å². The van der Waals surface area contributed by atoms with Crippen LogP contribution < -0.4 is 11.0 Å². The average molecular weight is 341 g/mol. The Morgan fingerprint density at radius 3 is 2.80 bits per heavy atom. The summed E-state index contributed by atoms with van der Waals surface area (Å²) in [5.41, 5.74) is -0.365. The van der Waals surface area contributed by atoms with Crippen molar-refractivity contribution in [2.45, 2.75) is 16.6 Å². The predicted octanol–water partition coefficient (Wildman–Crippen LogP) is -1.28. The van der Waals surface area contributed by atoms with Crippen molar-refractivity contribution in [2.24, 2.45) is 7.05 Å². The summed E-state index contributed by atoms with van der Waals surface area (Å²) < 4.78 is 24.0. The van der Waals surface area contributed by atoms with Gasteiger partial charge in [0.25, 0.3) is 0 Å². The number of nitrogens with zero attached hydrogens (tertiary/aromatic N) is 2. The van der Waals surface area contributed by atoms with E-state index < -0.39 is 21.3 Å². The smallest absolute Gasteiger partial charge is 0.343 e. The molecule has 1 fully saturated rings. The van der Waals surface area contributed by atoms with Crippen molar-refractivity contribution >= 4 is 39.1 Å². The fourth-order valence-corrected chi connectivity index (χ4v) is 5.06. The van der Waals surface area contributed by atoms with Gasteiger partial charge in [-0.1, -0.05) is 11.8 Å². The van der Waals surface area contributed by atoms with Crippen molar-refractivity contribution < 1.29 is 13.2 Å². The fourth-order valence-electron chi connectivity index (χ4n) is 1.78. The van der Waals surface area contributed by atoms with Gasteiger partial charge in [0.2, 0.25) is 5.91 Å². The Balaban J connectivity index is 1.87. The van der Waals surface area contributed by atoms with Crippen LogP contribution in [-0.4, -0.2) is 57.8 Å². The molecule has 0 aromatic carbocycles. The molecule has 11 heteroatoms. The highest BCUT2D eigenvalue weighted by molar-refractivity contribution is 7.99. The second-order valence-corrected chi connectivity index (χ2v) is 8.08. The first kappa shape index (κ1) is 15.4. The van der Waals surface area contributed by atoms with E-state index in [1.165, 1.54) is 11.6 Å². The Bertz CT molecular complexity index is 668. The van der Waals surface area contributed by atoms with E-state index in [1.807, 2.05) is 0 Å². The SMILES string of the molecule is Cn1c(SCC(=O)N[C@H]2CS(=O)(=O)C[C@H]2Cl)n[nH]c1=O. The lowest BCUT2D eigenvalue weighted by atomic mass is 10.2. The number of alkyl halides is 1. The number of amides is 1. The number of hydrogen-bond donors (Lipinski definition) is 2. The molecule has 2 N–H and O–H groups in total. The van der Waals surface area contributed by atoms with Gasteiger partial charge in [-0.05, 0) is 0 Å². The number of H-pyrrole nitrogens is 1. The lowest BCUT2D eigenvalue weighted by molar-refractivity contribution is -0.119. The summed E-state index contributed by atoms with van der Waals surface area (Å²) in [6, 6.07) is -0.572. The Labute approximate surface area is 124 Å². The van der Waals surface area contributed by atoms with Crippen molar-refractivity contribution in [3.8, 4) is 0 Å². The highest BCUT2D eigenvalue weighted by Crippen LogP contribution is 2.18. The molecule has 1 aliphatic heterocycles. The Hall–Kier alpha value is -1.00. The van der Waals surface area contributed by atoms with Crippen molar-refractivity contribution in [1.29, 1.82) is 0 Å². The lowest BCUT2D eigenvalue weighted by Gasteiger charge is -2.13. The van der Waals surface area contributed by atoms with Crippen molar-refractivity contribution in [3.63, 3.8) is 0 Å². The molecule has 0 unspecified atom stereocenters. The third-order valence-corrected chi connectivity index (χ3v) is 6.21. The molecule has 0 spiro atoms. The third kappa shape index (κ3) is 3.55. The molecule has 1 saturated heterocycles. The maximum absolute atomic E-state index is 11.7. The Morgan fingerprint density at radius 2 is 2.30 bits per heavy atom. The predicted molar refractivity (Wildman–Crippen MR) is 74.8 cm³/mol. The summed E-state index contributed by atoms with van der Waals surface area (Å²) in [6.45, 7) is 0. The average Bonchev–Trinajstić information content (AvgIpc) is 2.78. The summed E-state index contributed by atoms with van der Waals surface area (Å²) in [4.78, 5) is 22.9. The molecule has 112 valence electrons. The standard InChI is InChI=1S/C9H13ClN4O4S2/c1-14-8(16)12-13-9(14)19-2-7(15)11-6-4-20(17,18)3-5(6)10/h5-6H,2-4H2,1H3,(H,11,15)(H,12,16)/t5-,6+/m1/s1. The lowest BCUT2D eigenvalue weighted by Crippen LogP contribution is -2.41. The van der Waals surface area contributed by atoms with Gasteiger partial charge in [0.05, 0.1) is 28.7 Å². The first-order chi connectivity index (χ1) is 9.28. The summed E-state index contributed by atoms with van der Waals surface area (Å²) in [5, 5.41) is 8.36. The molecule has 20 heavy (non-hydrogen) atoms. The maximum Gasteiger partial charge on any atom is 0.343 e. The molecule has 0 saturated carbocycles. The summed E-state index contributed by atoms with van der Waals surface area (Å²) in [6.07, 6.45) is 0. The van der Waals surface area contributed by atoms with Gasteiger partial charge in [-0.25, -0.2) is 18.3 Å². The Kier molecular flexibility index (Phi) is 4.45. The second kappa shape index (κ2) is 5.78. The first-order valence-corrected chi connectivity index (χ1v) is 8.91. The number of nitrogens with one attached hydrogen (secondary N) is 2. The van der Waals surface area contributed by atoms with Crippen LogP contribution >= 0.6 is 23.4 Å². The minimum Gasteiger partial charge on any atom is -0.350 e. The van der Waals surface area contributed by atoms with Crippen molar-refractivity contribution in [1.82, 2.24) is 20.1 Å². The van der Waals surface area contributed by atoms with Crippen LogP contribution in [0.4, 0.5) is 0 Å². The molecule has 8 nitrogen and oxygen atoms in total. The third-order valence-electron chi connectivity index (χ3n) is 2.80. The van der Waals surface area contributed by atoms with E-state index in [0.717, 1.165) is 11.8 Å². The molecule has 1 aromatic heterocycles. The molecule has 2 atom stereocenters. The molecule has 2 rings (SSSR count). The van der Waals surface area contributed by atoms with E-state index >= 15 is 0 Å². The van der Waals surface area contributed by atoms with E-state index in [0.29, 0.717) is 5.16 Å². The Morgan fingerprint density at radius 1 is 1.60 bits per heavy atom. The minimum absolute atomic E-state index is 0.0261. The highest BCUT2D eigenvalue weighted by atomic mass is 35.5. The van der Waals surface area contributed by atoms with Gasteiger partial charge in [-0.15, -0.1) is 16.7 Å². The zero-order valence-electron chi connectivity index (χ0n) is 10.5. The maximum atomic E-state index is 11.7. The van der Waals surface area contributed by atoms with Crippen LogP contribution in [-0.2, 0) is 21.7 Å². The van der Waals surface area contributed by atoms with Crippen LogP contribution in [0.5, 0.6) is 0 Å². The van der Waals surface area contributed by atoms with Crippen LogP contribution in [0.15, 0.2) is 9.95 Å². The van der Waals surface area contributed by atoms with Gasteiger partial charge in [-0.2, -0.15) is 0 Å². The number of aromatic amines is 1. The number of carbonyl (C=O) groups is 1. The monoisotopic (exact) mass is 340 g/mol. The molecule has 2 heterocycles. The largest absolute Gasteiger partial charge is 0.350 e. The first-order valence-electron chi connectivity index (χ1n) is 5.66. The van der Waals surface area contributed by atoms with Crippen LogP contribution in [0.25, 0.3) is 0 Å². The van der Waals surface area contributed by atoms with E-state index in [4.69, 9.17) is 11.6 Å². The van der Waals surface area contributed by atoms with Gasteiger partial charge >= 0.3 is 5.69 Å². The summed E-state index contributed by atoms with van der Waals surface area (Å²) in [7, 11) is -1.64. The van der Waals surface area contributed by atoms with E-state index in [-0.39, 0.29) is 28.9 Å². The number of rotatable bonds is 4. The van der Waals surface area contributed by atoms with Crippen LogP contribution in [0, 0.1) is 0 Å². The summed E-state index contributed by atoms with van der Waals surface area (Å²) >= 11 is 6.97. The number of carbonyl (C=O) groups excluding carboxylic acids is 1. The zero-order chi connectivity index (χ0) is 14.9. The quantitative estimate of drug-likeness (QED) is 0.521. The molecule has 0 aliphatic carbocycles. The second-order valence-electron chi connectivity index (χ2n) is 4.43. The number of hydrogen-bond acceptors (Lipinski definition) is 6. The number of halogens is 1. The molecule has 0 bridgehead atoms. The number of thioether (sulfide) groups is 1. The van der Waals surface area contributed by atoms with E-state index in [1.54, 1.807) is 0 Å². The van der Waals surface area contributed by atoms with E-state index in [2.05, 4.69) is 15.5 Å². The molecular formula is C9H13ClN4O4S2. The van der Waals surface area contributed by atoms with Crippen LogP contribution in [0.2, 0.25) is 0 Å². The van der Waals surface area contributed by atoms with Crippen LogP contribution in [0.3, 0.4) is 0 Å². The fraction of sp³-hybridized carbons (Fsp3) is 0.667. The number of aromatic nitrogens is 3. The zero-order valence-corrected chi connectivity index (χ0v) is 12.9. The van der Waals surface area contributed by atoms with Gasteiger partial charge < -0.3 is 5.32 Å². The topological polar surface area (TPSA) is 114 Å². The molecule has 1 aliphatic rings. The molecular weight excluding hydrogens is 328 g/mol.